The highest BCUT2D eigenvalue weighted by molar-refractivity contribution is 5.96. The third-order valence-corrected chi connectivity index (χ3v) is 2.63. The van der Waals surface area contributed by atoms with Crippen LogP contribution in [0.2, 0.25) is 0 Å². The number of hydrogen-bond acceptors (Lipinski definition) is 2. The molecule has 4 heteroatoms. The van der Waals surface area contributed by atoms with Gasteiger partial charge in [-0.05, 0) is 25.3 Å². The van der Waals surface area contributed by atoms with Crippen LogP contribution < -0.4 is 0 Å². The van der Waals surface area contributed by atoms with Crippen LogP contribution in [0.3, 0.4) is 0 Å². The molecule has 1 aromatic rings. The number of nitrogens with zero attached hydrogens (tertiary/aromatic N) is 1. The average Bonchev–Trinajstić information content (AvgIpc) is 2.56. The number of aromatic carboxylic acids is 1. The molecule has 0 spiro atoms. The molecule has 1 N–H and O–H groups in total. The number of fused-ring (bicyclic) bond motifs is 1. The molecule has 0 unspecified atom stereocenters. The van der Waals surface area contributed by atoms with E-state index in [1.807, 2.05) is 4.57 Å². The van der Waals surface area contributed by atoms with Gasteiger partial charge in [-0.25, -0.2) is 4.79 Å². The van der Waals surface area contributed by atoms with E-state index in [9.17, 15) is 9.59 Å². The Morgan fingerprint density at radius 2 is 2.29 bits per heavy atom. The molecule has 2 heterocycles. The highest BCUT2D eigenvalue weighted by Crippen LogP contribution is 2.21. The van der Waals surface area contributed by atoms with Gasteiger partial charge in [0.1, 0.15) is 0 Å². The highest BCUT2D eigenvalue weighted by atomic mass is 16.4. The zero-order valence-electron chi connectivity index (χ0n) is 7.69. The van der Waals surface area contributed by atoms with Crippen LogP contribution in [0.15, 0.2) is 6.07 Å². The van der Waals surface area contributed by atoms with Crippen LogP contribution in [0.1, 0.15) is 39.4 Å². The van der Waals surface area contributed by atoms with Gasteiger partial charge in [-0.15, -0.1) is 0 Å². The molecule has 0 aliphatic carbocycles. The summed E-state index contributed by atoms with van der Waals surface area (Å²) in [5.74, 6) is -1.02. The number of carbonyl (C=O) groups excluding carboxylic acids is 1. The predicted octanol–water partition coefficient (Wildman–Crippen LogP) is 1.34. The van der Waals surface area contributed by atoms with Crippen molar-refractivity contribution in [1.29, 1.82) is 0 Å². The van der Waals surface area contributed by atoms with Gasteiger partial charge in [-0.3, -0.25) is 4.79 Å². The molecule has 0 saturated carbocycles. The maximum atomic E-state index is 10.8. The van der Waals surface area contributed by atoms with Crippen LogP contribution in [0, 0.1) is 0 Å². The first-order valence-corrected chi connectivity index (χ1v) is 4.65. The van der Waals surface area contributed by atoms with Crippen LogP contribution in [0.5, 0.6) is 0 Å². The molecule has 0 atom stereocenters. The number of carboxylic acids is 1. The minimum absolute atomic E-state index is 0.136. The smallest absolute Gasteiger partial charge is 0.338 e. The second-order valence-corrected chi connectivity index (χ2v) is 3.47. The molecule has 0 amide bonds. The summed E-state index contributed by atoms with van der Waals surface area (Å²) in [5, 5.41) is 8.87. The molecule has 4 nitrogen and oxygen atoms in total. The minimum Gasteiger partial charge on any atom is -0.478 e. The van der Waals surface area contributed by atoms with E-state index in [0.717, 1.165) is 31.5 Å². The Hall–Kier alpha value is -1.58. The largest absolute Gasteiger partial charge is 0.478 e. The van der Waals surface area contributed by atoms with Gasteiger partial charge in [0.25, 0.3) is 0 Å². The molecule has 1 aliphatic heterocycles. The lowest BCUT2D eigenvalue weighted by molar-refractivity contribution is 0.0693. The van der Waals surface area contributed by atoms with Crippen molar-refractivity contribution >= 4 is 12.3 Å². The summed E-state index contributed by atoms with van der Waals surface area (Å²) >= 11 is 0. The van der Waals surface area contributed by atoms with E-state index in [4.69, 9.17) is 5.11 Å². The summed E-state index contributed by atoms with van der Waals surface area (Å²) in [6, 6.07) is 1.62. The SMILES string of the molecule is O=Cc1c(C(=O)O)cc2n1CCCC2. The Morgan fingerprint density at radius 3 is 2.93 bits per heavy atom. The molecule has 0 bridgehead atoms. The van der Waals surface area contributed by atoms with E-state index in [-0.39, 0.29) is 5.56 Å². The maximum absolute atomic E-state index is 10.8. The Balaban J connectivity index is 2.57. The van der Waals surface area contributed by atoms with Gasteiger partial charge in [0.05, 0.1) is 11.3 Å². The van der Waals surface area contributed by atoms with Crippen molar-refractivity contribution in [1.82, 2.24) is 4.57 Å². The van der Waals surface area contributed by atoms with Crippen molar-refractivity contribution < 1.29 is 14.7 Å². The quantitative estimate of drug-likeness (QED) is 0.721. The fourth-order valence-corrected chi connectivity index (χ4v) is 1.96. The van der Waals surface area contributed by atoms with E-state index in [1.165, 1.54) is 0 Å². The molecule has 1 aromatic heterocycles. The van der Waals surface area contributed by atoms with Gasteiger partial charge >= 0.3 is 5.97 Å². The zero-order chi connectivity index (χ0) is 10.1. The number of hydrogen-bond donors (Lipinski definition) is 1. The third-order valence-electron chi connectivity index (χ3n) is 2.63. The molecular formula is C10H11NO3. The van der Waals surface area contributed by atoms with E-state index in [0.29, 0.717) is 12.0 Å². The van der Waals surface area contributed by atoms with Crippen LogP contribution in [-0.4, -0.2) is 21.9 Å². The molecule has 0 radical (unpaired) electrons. The second-order valence-electron chi connectivity index (χ2n) is 3.47. The third kappa shape index (κ3) is 1.23. The van der Waals surface area contributed by atoms with Crippen molar-refractivity contribution in [3.63, 3.8) is 0 Å². The molecule has 14 heavy (non-hydrogen) atoms. The molecule has 1 aliphatic rings. The van der Waals surface area contributed by atoms with Gasteiger partial charge in [-0.1, -0.05) is 0 Å². The molecule has 0 fully saturated rings. The van der Waals surface area contributed by atoms with Crippen LogP contribution in [-0.2, 0) is 13.0 Å². The molecule has 74 valence electrons. The van der Waals surface area contributed by atoms with Gasteiger partial charge in [0.15, 0.2) is 6.29 Å². The normalized spacial score (nSPS) is 14.9. The summed E-state index contributed by atoms with van der Waals surface area (Å²) in [4.78, 5) is 21.6. The second kappa shape index (κ2) is 3.29. The lowest BCUT2D eigenvalue weighted by Gasteiger charge is -2.15. The molecule has 0 saturated heterocycles. The average molecular weight is 193 g/mol. The first kappa shape index (κ1) is 8.99. The van der Waals surface area contributed by atoms with E-state index in [2.05, 4.69) is 0 Å². The first-order chi connectivity index (χ1) is 6.74. The number of carbonyl (C=O) groups is 2. The van der Waals surface area contributed by atoms with Crippen molar-refractivity contribution in [3.8, 4) is 0 Å². The van der Waals surface area contributed by atoms with Crippen LogP contribution in [0.25, 0.3) is 0 Å². The number of rotatable bonds is 2. The summed E-state index contributed by atoms with van der Waals surface area (Å²) < 4.78 is 1.82. The molecular weight excluding hydrogens is 182 g/mol. The van der Waals surface area contributed by atoms with Crippen LogP contribution >= 0.6 is 0 Å². The van der Waals surface area contributed by atoms with Gasteiger partial charge in [0.2, 0.25) is 0 Å². The summed E-state index contributed by atoms with van der Waals surface area (Å²) in [7, 11) is 0. The lowest BCUT2D eigenvalue weighted by atomic mass is 10.1. The Bertz CT molecular complexity index is 392. The van der Waals surface area contributed by atoms with E-state index >= 15 is 0 Å². The van der Waals surface area contributed by atoms with E-state index in [1.54, 1.807) is 6.07 Å². The molecule has 2 rings (SSSR count). The van der Waals surface area contributed by atoms with E-state index < -0.39 is 5.97 Å². The summed E-state index contributed by atoms with van der Waals surface area (Å²) in [6.07, 6.45) is 3.59. The van der Waals surface area contributed by atoms with Gasteiger partial charge in [0, 0.05) is 12.2 Å². The monoisotopic (exact) mass is 193 g/mol. The molecule has 0 aromatic carbocycles. The number of aromatic nitrogens is 1. The Morgan fingerprint density at radius 1 is 1.50 bits per heavy atom. The fraction of sp³-hybridized carbons (Fsp3) is 0.400. The lowest BCUT2D eigenvalue weighted by Crippen LogP contribution is -2.12. The Kier molecular flexibility index (Phi) is 2.11. The minimum atomic E-state index is -1.02. The maximum Gasteiger partial charge on any atom is 0.338 e. The fourth-order valence-electron chi connectivity index (χ4n) is 1.96. The van der Waals surface area contributed by atoms with Crippen molar-refractivity contribution in [2.24, 2.45) is 0 Å². The van der Waals surface area contributed by atoms with Crippen molar-refractivity contribution in [2.45, 2.75) is 25.8 Å². The Labute approximate surface area is 81.2 Å². The highest BCUT2D eigenvalue weighted by Gasteiger charge is 2.20. The zero-order valence-corrected chi connectivity index (χ0v) is 7.69. The number of aryl methyl sites for hydroxylation is 1. The number of carboxylic acid groups (broad SMARTS) is 1. The summed E-state index contributed by atoms with van der Waals surface area (Å²) in [6.45, 7) is 0.761. The number of aldehydes is 1. The topological polar surface area (TPSA) is 59.3 Å². The predicted molar refractivity (Wildman–Crippen MR) is 49.7 cm³/mol. The van der Waals surface area contributed by atoms with Gasteiger partial charge in [-0.2, -0.15) is 0 Å². The van der Waals surface area contributed by atoms with Crippen molar-refractivity contribution in [2.75, 3.05) is 0 Å². The van der Waals surface area contributed by atoms with Gasteiger partial charge < -0.3 is 9.67 Å². The van der Waals surface area contributed by atoms with Crippen molar-refractivity contribution in [3.05, 3.63) is 23.0 Å². The standard InChI is InChI=1S/C10H11NO3/c12-6-9-8(10(13)14)5-7-3-1-2-4-11(7)9/h5-6H,1-4H2,(H,13,14). The van der Waals surface area contributed by atoms with Crippen LogP contribution in [0.4, 0.5) is 0 Å². The first-order valence-electron chi connectivity index (χ1n) is 4.65. The summed E-state index contributed by atoms with van der Waals surface area (Å²) in [5.41, 5.74) is 1.42.